The van der Waals surface area contributed by atoms with Crippen molar-refractivity contribution < 1.29 is 61.9 Å². The number of likely N-dealkylation sites (tertiary alicyclic amines) is 1. The van der Waals surface area contributed by atoms with Crippen LogP contribution in [-0.4, -0.2) is 104 Å². The van der Waals surface area contributed by atoms with Gasteiger partial charge in [0.05, 0.1) is 7.11 Å². The predicted octanol–water partition coefficient (Wildman–Crippen LogP) is 1.14. The van der Waals surface area contributed by atoms with E-state index in [1.165, 1.54) is 6.92 Å². The summed E-state index contributed by atoms with van der Waals surface area (Å²) in [5.74, 6) is -2.94. The number of carbonyl (C=O) groups is 5. The average Bonchev–Trinajstić information content (AvgIpc) is 3.33. The molecule has 0 aromatic heterocycles. The topological polar surface area (TPSA) is 162 Å². The highest BCUT2D eigenvalue weighted by Crippen LogP contribution is 2.63. The number of hydrogen-bond acceptors (Lipinski definition) is 14. The fourth-order valence-corrected chi connectivity index (χ4v) is 7.91. The van der Waals surface area contributed by atoms with E-state index in [4.69, 9.17) is 37.9 Å². The lowest BCUT2D eigenvalue weighted by Crippen LogP contribution is -2.67. The van der Waals surface area contributed by atoms with Crippen LogP contribution in [0.3, 0.4) is 0 Å². The molecule has 2 saturated heterocycles. The Morgan fingerprint density at radius 2 is 1.57 bits per heavy atom. The number of rotatable bonds is 7. The van der Waals surface area contributed by atoms with Gasteiger partial charge in [-0.25, -0.2) is 4.79 Å². The van der Waals surface area contributed by atoms with Crippen molar-refractivity contribution in [1.29, 1.82) is 0 Å². The van der Waals surface area contributed by atoms with E-state index >= 15 is 0 Å². The number of benzene rings is 1. The second-order valence-electron chi connectivity index (χ2n) is 12.3. The summed E-state index contributed by atoms with van der Waals surface area (Å²) in [5.41, 5.74) is 1.51. The molecule has 6 rings (SSSR count). The zero-order valence-electron chi connectivity index (χ0n) is 26.4. The Bertz CT molecular complexity index is 1490. The molecule has 2 aliphatic carbocycles. The van der Waals surface area contributed by atoms with E-state index in [-0.39, 0.29) is 12.0 Å². The van der Waals surface area contributed by atoms with Crippen molar-refractivity contribution in [2.75, 3.05) is 20.7 Å². The average molecular weight is 644 g/mol. The Kier molecular flexibility index (Phi) is 8.32. The lowest BCUT2D eigenvalue weighted by Gasteiger charge is -2.57. The third kappa shape index (κ3) is 5.21. The molecule has 2 fully saturated rings. The van der Waals surface area contributed by atoms with Crippen molar-refractivity contribution in [3.63, 3.8) is 0 Å². The number of nitrogens with zero attached hydrogens (tertiary/aromatic N) is 1. The van der Waals surface area contributed by atoms with Crippen LogP contribution in [0.15, 0.2) is 24.3 Å². The highest BCUT2D eigenvalue weighted by molar-refractivity contribution is 5.77. The summed E-state index contributed by atoms with van der Waals surface area (Å²) < 4.78 is 46.2. The van der Waals surface area contributed by atoms with Crippen LogP contribution in [0.1, 0.15) is 45.2 Å². The third-order valence-electron chi connectivity index (χ3n) is 9.49. The number of likely N-dealkylation sites (N-methyl/N-ethyl adjacent to an activating group) is 1. The van der Waals surface area contributed by atoms with Crippen molar-refractivity contribution in [1.82, 2.24) is 4.90 Å². The molecule has 1 aromatic rings. The van der Waals surface area contributed by atoms with Gasteiger partial charge < -0.3 is 42.8 Å². The first-order chi connectivity index (χ1) is 21.8. The van der Waals surface area contributed by atoms with Crippen molar-refractivity contribution in [2.24, 2.45) is 5.92 Å². The summed E-state index contributed by atoms with van der Waals surface area (Å²) in [6, 6.07) is 3.89. The molecule has 1 unspecified atom stereocenters. The molecule has 0 saturated carbocycles. The zero-order valence-corrected chi connectivity index (χ0v) is 26.4. The Morgan fingerprint density at radius 3 is 2.22 bits per heavy atom. The number of ether oxygens (including phenoxy) is 8. The molecule has 1 aromatic carbocycles. The van der Waals surface area contributed by atoms with Crippen molar-refractivity contribution >= 4 is 29.8 Å². The maximum absolute atomic E-state index is 12.9. The van der Waals surface area contributed by atoms with Crippen LogP contribution < -0.4 is 9.47 Å². The molecule has 2 bridgehead atoms. The van der Waals surface area contributed by atoms with Gasteiger partial charge in [-0.3, -0.25) is 19.2 Å². The van der Waals surface area contributed by atoms with Crippen molar-refractivity contribution in [2.45, 2.75) is 94.9 Å². The number of hydrogen-bond donors (Lipinski definition) is 0. The molecule has 3 aliphatic heterocycles. The number of esters is 5. The van der Waals surface area contributed by atoms with Gasteiger partial charge in [0, 0.05) is 50.6 Å². The minimum atomic E-state index is -1.60. The van der Waals surface area contributed by atoms with Crippen molar-refractivity contribution in [3.05, 3.63) is 35.4 Å². The van der Waals surface area contributed by atoms with E-state index in [2.05, 4.69) is 18.0 Å². The van der Waals surface area contributed by atoms with Gasteiger partial charge in [0.2, 0.25) is 6.29 Å². The molecule has 3 heterocycles. The normalized spacial score (nSPS) is 35.2. The lowest BCUT2D eigenvalue weighted by atomic mass is 9.53. The number of methoxy groups -OCH3 is 1. The monoisotopic (exact) mass is 643 g/mol. The van der Waals surface area contributed by atoms with Gasteiger partial charge in [-0.05, 0) is 38.1 Å². The van der Waals surface area contributed by atoms with Crippen LogP contribution in [0.4, 0.5) is 0 Å². The van der Waals surface area contributed by atoms with Crippen LogP contribution in [0.5, 0.6) is 11.5 Å². The number of piperidine rings is 1. The summed E-state index contributed by atoms with van der Waals surface area (Å²) in [5, 5.41) is 0. The van der Waals surface area contributed by atoms with Crippen LogP contribution in [0.25, 0.3) is 0 Å². The molecular weight excluding hydrogens is 606 g/mol. The maximum atomic E-state index is 12.9. The van der Waals surface area contributed by atoms with Gasteiger partial charge in [0.15, 0.2) is 35.9 Å². The molecule has 0 radical (unpaired) electrons. The second-order valence-corrected chi connectivity index (χ2v) is 12.3. The first-order valence-corrected chi connectivity index (χ1v) is 15.2. The van der Waals surface area contributed by atoms with Crippen LogP contribution in [0, 0.1) is 5.92 Å². The minimum Gasteiger partial charge on any atom is -0.482 e. The fourth-order valence-electron chi connectivity index (χ4n) is 7.91. The summed E-state index contributed by atoms with van der Waals surface area (Å²) >= 11 is 0. The summed E-state index contributed by atoms with van der Waals surface area (Å²) in [4.78, 5) is 64.0. The van der Waals surface area contributed by atoms with E-state index in [0.717, 1.165) is 52.0 Å². The van der Waals surface area contributed by atoms with E-state index < -0.39 is 78.2 Å². The fraction of sp³-hybridized carbons (Fsp3) is 0.594. The third-order valence-corrected chi connectivity index (χ3v) is 9.49. The zero-order chi connectivity index (χ0) is 33.1. The summed E-state index contributed by atoms with van der Waals surface area (Å²) in [6.45, 7) is 5.48. The Hall–Kier alpha value is -4.01. The van der Waals surface area contributed by atoms with E-state index in [0.29, 0.717) is 17.9 Å². The van der Waals surface area contributed by atoms with E-state index in [9.17, 15) is 24.0 Å². The van der Waals surface area contributed by atoms with Gasteiger partial charge in [0.25, 0.3) is 0 Å². The van der Waals surface area contributed by atoms with Gasteiger partial charge in [0.1, 0.15) is 12.2 Å². The Morgan fingerprint density at radius 1 is 0.891 bits per heavy atom. The first kappa shape index (κ1) is 32.0. The molecule has 5 aliphatic rings. The quantitative estimate of drug-likeness (QED) is 0.180. The molecule has 14 heteroatoms. The van der Waals surface area contributed by atoms with E-state index in [1.54, 1.807) is 6.07 Å². The predicted molar refractivity (Wildman–Crippen MR) is 153 cm³/mol. The molecule has 248 valence electrons. The second kappa shape index (κ2) is 12.0. The van der Waals surface area contributed by atoms with Crippen LogP contribution in [0.2, 0.25) is 0 Å². The smallest absolute Gasteiger partial charge is 0.339 e. The Labute approximate surface area is 265 Å². The molecule has 10 atom stereocenters. The lowest BCUT2D eigenvalue weighted by molar-refractivity contribution is -0.313. The highest BCUT2D eigenvalue weighted by Gasteiger charge is 2.66. The van der Waals surface area contributed by atoms with E-state index in [1.807, 2.05) is 12.1 Å². The van der Waals surface area contributed by atoms with Gasteiger partial charge in [-0.1, -0.05) is 18.2 Å². The molecule has 14 nitrogen and oxygen atoms in total. The SMILES string of the molecule is COC(=O)[C@H]1O[C@@H](O[C@H]2C=C[C@H]3[C@H]4Cc5ccc(OC(C)=O)c6c5[C@@]3(CCN4C)[C@H]2O6)[C@H](OC(C)=O)C(OC(C)=O)[C@@H]1OC(C)=O. The summed E-state index contributed by atoms with van der Waals surface area (Å²) in [7, 11) is 3.22. The Balaban J connectivity index is 1.42. The highest BCUT2D eigenvalue weighted by atomic mass is 16.7. The summed E-state index contributed by atoms with van der Waals surface area (Å²) in [6.07, 6.45) is -3.61. The molecule has 0 N–H and O–H groups in total. The van der Waals surface area contributed by atoms with Crippen LogP contribution in [-0.2, 0) is 64.2 Å². The largest absolute Gasteiger partial charge is 0.482 e. The first-order valence-electron chi connectivity index (χ1n) is 15.2. The van der Waals surface area contributed by atoms with Gasteiger partial charge in [-0.2, -0.15) is 0 Å². The van der Waals surface area contributed by atoms with Crippen molar-refractivity contribution in [3.8, 4) is 11.5 Å². The number of carbonyl (C=O) groups excluding carboxylic acids is 5. The minimum absolute atomic E-state index is 0.0407. The molecule has 0 amide bonds. The van der Waals surface area contributed by atoms with Gasteiger partial charge in [-0.15, -0.1) is 0 Å². The molecule has 46 heavy (non-hydrogen) atoms. The van der Waals surface area contributed by atoms with Gasteiger partial charge >= 0.3 is 29.8 Å². The van der Waals surface area contributed by atoms with Crippen LogP contribution >= 0.6 is 0 Å². The standard InChI is InChI=1S/C32H37NO13/c1-14(34)40-21-9-7-18-13-20-19-8-10-22(29-32(19,11-12-33(20)5)23(18)24(21)45-29)44-31-28(43-17(4)37)26(42-16(3)36)25(41-15(2)35)27(46-31)30(38)39-6/h7-10,19-20,22,25-29,31H,11-13H2,1-6H3/t19-,20+,22-,25-,26?,27-,28+,29-,31+,32-/m0/s1. The molecule has 1 spiro atoms. The molecular formula is C32H37NO13. The maximum Gasteiger partial charge on any atom is 0.339 e.